The van der Waals surface area contributed by atoms with Gasteiger partial charge in [-0.2, -0.15) is 0 Å². The lowest BCUT2D eigenvalue weighted by atomic mass is 10.1. The van der Waals surface area contributed by atoms with Gasteiger partial charge in [-0.3, -0.25) is 4.79 Å². The molecular weight excluding hydrogens is 175 g/mol. The summed E-state index contributed by atoms with van der Waals surface area (Å²) in [4.78, 5) is 21.9. The summed E-state index contributed by atoms with van der Waals surface area (Å²) in [6.07, 6.45) is -2.53. The maximum Gasteiger partial charge on any atom is 0.348 e. The molecule has 0 amide bonds. The summed E-state index contributed by atoms with van der Waals surface area (Å²) in [7, 11) is 0. The average Bonchev–Trinajstić information content (AvgIpc) is 2.00. The predicted molar refractivity (Wildman–Crippen MR) is 46.0 cm³/mol. The van der Waals surface area contributed by atoms with Crippen molar-refractivity contribution in [2.24, 2.45) is 5.92 Å². The normalized spacial score (nSPS) is 13.2. The van der Waals surface area contributed by atoms with Crippen LogP contribution in [0.1, 0.15) is 27.7 Å². The van der Waals surface area contributed by atoms with Gasteiger partial charge in [0, 0.05) is 5.92 Å². The standard InChI is InChI=1S/C9H15FO3/c1-5(2)8(11)7(10)9(12)13-6(3)4/h5-7H,1-4H3. The number of carbonyl (C=O) groups is 2. The quantitative estimate of drug-likeness (QED) is 0.498. The molecule has 1 atom stereocenters. The van der Waals surface area contributed by atoms with Crippen LogP contribution in [0.25, 0.3) is 0 Å². The number of ether oxygens (including phenoxy) is 1. The number of carbonyl (C=O) groups excluding carboxylic acids is 2. The first-order chi connectivity index (χ1) is 5.86. The molecule has 0 saturated carbocycles. The Balaban J connectivity index is 4.18. The number of alkyl halides is 1. The van der Waals surface area contributed by atoms with Gasteiger partial charge in [-0.15, -0.1) is 0 Å². The summed E-state index contributed by atoms with van der Waals surface area (Å²) in [5.41, 5.74) is 0. The van der Waals surface area contributed by atoms with E-state index in [-0.39, 0.29) is 0 Å². The molecule has 0 aromatic rings. The van der Waals surface area contributed by atoms with E-state index in [9.17, 15) is 14.0 Å². The number of hydrogen-bond donors (Lipinski definition) is 0. The Morgan fingerprint density at radius 3 is 1.92 bits per heavy atom. The third kappa shape index (κ3) is 4.01. The van der Waals surface area contributed by atoms with E-state index in [1.54, 1.807) is 13.8 Å². The summed E-state index contributed by atoms with van der Waals surface area (Å²) >= 11 is 0. The van der Waals surface area contributed by atoms with Crippen molar-refractivity contribution in [2.75, 3.05) is 0 Å². The highest BCUT2D eigenvalue weighted by Crippen LogP contribution is 2.06. The summed E-state index contributed by atoms with van der Waals surface area (Å²) < 4.78 is 17.5. The first-order valence-corrected chi connectivity index (χ1v) is 4.24. The van der Waals surface area contributed by atoms with Crippen LogP contribution in [0.15, 0.2) is 0 Å². The zero-order chi connectivity index (χ0) is 10.6. The number of Topliss-reactive ketones (excluding diaryl/α,β-unsaturated/α-hetero) is 1. The van der Waals surface area contributed by atoms with Gasteiger partial charge in [0.1, 0.15) is 0 Å². The Morgan fingerprint density at radius 2 is 1.62 bits per heavy atom. The highest BCUT2D eigenvalue weighted by atomic mass is 19.1. The number of ketones is 1. The van der Waals surface area contributed by atoms with Crippen LogP contribution in [-0.2, 0) is 14.3 Å². The smallest absolute Gasteiger partial charge is 0.348 e. The van der Waals surface area contributed by atoms with Gasteiger partial charge < -0.3 is 4.74 Å². The van der Waals surface area contributed by atoms with Crippen molar-refractivity contribution in [3.05, 3.63) is 0 Å². The van der Waals surface area contributed by atoms with Crippen LogP contribution in [0.4, 0.5) is 4.39 Å². The molecule has 0 rings (SSSR count). The fourth-order valence-electron chi connectivity index (χ4n) is 0.701. The molecule has 3 nitrogen and oxygen atoms in total. The molecule has 0 saturated heterocycles. The molecule has 13 heavy (non-hydrogen) atoms. The molecule has 0 N–H and O–H groups in total. The van der Waals surface area contributed by atoms with Crippen molar-refractivity contribution in [1.29, 1.82) is 0 Å². The van der Waals surface area contributed by atoms with Crippen LogP contribution >= 0.6 is 0 Å². The SMILES string of the molecule is CC(C)OC(=O)C(F)C(=O)C(C)C. The second kappa shape index (κ2) is 4.94. The zero-order valence-corrected chi connectivity index (χ0v) is 8.33. The third-order valence-corrected chi connectivity index (χ3v) is 1.38. The fraction of sp³-hybridized carbons (Fsp3) is 0.778. The minimum atomic E-state index is -2.14. The van der Waals surface area contributed by atoms with E-state index in [0.717, 1.165) is 0 Å². The topological polar surface area (TPSA) is 43.4 Å². The molecule has 0 aliphatic heterocycles. The van der Waals surface area contributed by atoms with Gasteiger partial charge in [-0.25, -0.2) is 9.18 Å². The molecule has 1 unspecified atom stereocenters. The fourth-order valence-corrected chi connectivity index (χ4v) is 0.701. The van der Waals surface area contributed by atoms with E-state index >= 15 is 0 Å². The van der Waals surface area contributed by atoms with Crippen molar-refractivity contribution in [2.45, 2.75) is 40.0 Å². The molecule has 0 radical (unpaired) electrons. The number of esters is 1. The van der Waals surface area contributed by atoms with Crippen molar-refractivity contribution in [3.63, 3.8) is 0 Å². The van der Waals surface area contributed by atoms with Crippen LogP contribution in [-0.4, -0.2) is 24.0 Å². The maximum atomic E-state index is 13.0. The van der Waals surface area contributed by atoms with Gasteiger partial charge in [0.15, 0.2) is 5.78 Å². The molecule has 0 aliphatic rings. The second-order valence-corrected chi connectivity index (χ2v) is 3.41. The maximum absolute atomic E-state index is 13.0. The summed E-state index contributed by atoms with van der Waals surface area (Å²) in [6, 6.07) is 0. The molecule has 0 aromatic carbocycles. The Hall–Kier alpha value is -0.930. The number of halogens is 1. The van der Waals surface area contributed by atoms with Crippen LogP contribution < -0.4 is 0 Å². The van der Waals surface area contributed by atoms with E-state index in [1.807, 2.05) is 0 Å². The first-order valence-electron chi connectivity index (χ1n) is 4.24. The molecule has 0 fully saturated rings. The summed E-state index contributed by atoms with van der Waals surface area (Å²) in [5, 5.41) is 0. The van der Waals surface area contributed by atoms with Crippen LogP contribution in [0.2, 0.25) is 0 Å². The van der Waals surface area contributed by atoms with Crippen LogP contribution in [0.3, 0.4) is 0 Å². The minimum absolute atomic E-state index is 0.397. The van der Waals surface area contributed by atoms with Crippen molar-refractivity contribution < 1.29 is 18.7 Å². The van der Waals surface area contributed by atoms with Crippen LogP contribution in [0, 0.1) is 5.92 Å². The highest BCUT2D eigenvalue weighted by molar-refractivity contribution is 6.02. The summed E-state index contributed by atoms with van der Waals surface area (Å²) in [5.74, 6) is -2.31. The van der Waals surface area contributed by atoms with Crippen molar-refractivity contribution in [1.82, 2.24) is 0 Å². The third-order valence-electron chi connectivity index (χ3n) is 1.38. The molecular formula is C9H15FO3. The van der Waals surface area contributed by atoms with E-state index in [1.165, 1.54) is 13.8 Å². The van der Waals surface area contributed by atoms with Gasteiger partial charge in [-0.1, -0.05) is 13.8 Å². The second-order valence-electron chi connectivity index (χ2n) is 3.41. The summed E-state index contributed by atoms with van der Waals surface area (Å²) in [6.45, 7) is 6.28. The van der Waals surface area contributed by atoms with Gasteiger partial charge in [-0.05, 0) is 13.8 Å². The minimum Gasteiger partial charge on any atom is -0.460 e. The van der Waals surface area contributed by atoms with Crippen LogP contribution in [0.5, 0.6) is 0 Å². The molecule has 0 bridgehead atoms. The van der Waals surface area contributed by atoms with E-state index in [0.29, 0.717) is 0 Å². The number of hydrogen-bond acceptors (Lipinski definition) is 3. The van der Waals surface area contributed by atoms with E-state index in [2.05, 4.69) is 4.74 Å². The van der Waals surface area contributed by atoms with E-state index in [4.69, 9.17) is 0 Å². The predicted octanol–water partition coefficient (Wildman–Crippen LogP) is 1.50. The van der Waals surface area contributed by atoms with Gasteiger partial charge >= 0.3 is 5.97 Å². The van der Waals surface area contributed by atoms with Crippen molar-refractivity contribution >= 4 is 11.8 Å². The average molecular weight is 190 g/mol. The number of rotatable bonds is 4. The molecule has 4 heteroatoms. The monoisotopic (exact) mass is 190 g/mol. The van der Waals surface area contributed by atoms with Gasteiger partial charge in [0.05, 0.1) is 6.10 Å². The molecule has 0 aromatic heterocycles. The molecule has 0 aliphatic carbocycles. The lowest BCUT2D eigenvalue weighted by Crippen LogP contribution is -2.32. The van der Waals surface area contributed by atoms with E-state index < -0.39 is 29.9 Å². The molecule has 0 spiro atoms. The lowest BCUT2D eigenvalue weighted by Gasteiger charge is -2.11. The van der Waals surface area contributed by atoms with Crippen molar-refractivity contribution in [3.8, 4) is 0 Å². The van der Waals surface area contributed by atoms with Gasteiger partial charge in [0.25, 0.3) is 6.17 Å². The first kappa shape index (κ1) is 12.1. The van der Waals surface area contributed by atoms with Gasteiger partial charge in [0.2, 0.25) is 0 Å². The molecule has 0 heterocycles. The lowest BCUT2D eigenvalue weighted by molar-refractivity contribution is -0.157. The Bertz CT molecular complexity index is 199. The largest absolute Gasteiger partial charge is 0.460 e. The Morgan fingerprint density at radius 1 is 1.15 bits per heavy atom. The highest BCUT2D eigenvalue weighted by Gasteiger charge is 2.29. The Labute approximate surface area is 77.3 Å². The Kier molecular flexibility index (Phi) is 4.59. The molecule has 76 valence electrons. The zero-order valence-electron chi connectivity index (χ0n) is 8.33.